The molecule has 0 atom stereocenters. The topological polar surface area (TPSA) is 29.5 Å². The molecular weight excluding hydrogens is 318 g/mol. The minimum absolute atomic E-state index is 0.186. The maximum absolute atomic E-state index is 11.8. The number of carbonyl (C=O) groups excluding carboxylic acids is 1. The van der Waals surface area contributed by atoms with E-state index in [1.54, 1.807) is 4.90 Å². The van der Waals surface area contributed by atoms with Crippen molar-refractivity contribution >= 4 is 22.0 Å². The lowest BCUT2D eigenvalue weighted by molar-refractivity contribution is -0.00203. The predicted octanol–water partition coefficient (Wildman–Crippen LogP) is 4.25. The van der Waals surface area contributed by atoms with Gasteiger partial charge in [0.25, 0.3) is 0 Å². The number of halogens is 1. The van der Waals surface area contributed by atoms with Crippen LogP contribution in [0.4, 0.5) is 4.79 Å². The van der Waals surface area contributed by atoms with Gasteiger partial charge < -0.3 is 9.64 Å². The van der Waals surface area contributed by atoms with E-state index in [1.165, 1.54) is 10.0 Å². The molecule has 1 heterocycles. The van der Waals surface area contributed by atoms with Crippen molar-refractivity contribution in [2.24, 2.45) is 5.92 Å². The van der Waals surface area contributed by atoms with Crippen LogP contribution < -0.4 is 0 Å². The quantitative estimate of drug-likeness (QED) is 0.823. The van der Waals surface area contributed by atoms with Crippen molar-refractivity contribution in [3.05, 3.63) is 34.3 Å². The Hall–Kier alpha value is -1.03. The first-order chi connectivity index (χ1) is 9.35. The van der Waals surface area contributed by atoms with Crippen molar-refractivity contribution in [3.63, 3.8) is 0 Å². The van der Waals surface area contributed by atoms with Gasteiger partial charge in [-0.1, -0.05) is 34.1 Å². The molecule has 110 valence electrons. The smallest absolute Gasteiger partial charge is 0.410 e. The number of rotatable bonds is 3. The lowest BCUT2D eigenvalue weighted by Gasteiger charge is -2.40. The van der Waals surface area contributed by atoms with Gasteiger partial charge in [0.1, 0.15) is 5.60 Å². The summed E-state index contributed by atoms with van der Waals surface area (Å²) in [7, 11) is 0. The maximum Gasteiger partial charge on any atom is 0.410 e. The molecule has 0 radical (unpaired) electrons. The van der Waals surface area contributed by atoms with E-state index < -0.39 is 5.60 Å². The minimum atomic E-state index is -0.406. The van der Waals surface area contributed by atoms with Crippen molar-refractivity contribution in [1.29, 1.82) is 0 Å². The monoisotopic (exact) mass is 339 g/mol. The van der Waals surface area contributed by atoms with E-state index in [4.69, 9.17) is 4.74 Å². The van der Waals surface area contributed by atoms with E-state index in [-0.39, 0.29) is 6.09 Å². The highest BCUT2D eigenvalue weighted by molar-refractivity contribution is 9.10. The summed E-state index contributed by atoms with van der Waals surface area (Å²) >= 11 is 3.57. The zero-order chi connectivity index (χ0) is 14.8. The second kappa shape index (κ2) is 6.17. The standard InChI is InChI=1S/C16H22BrNO2/c1-16(2,3)20-15(19)18-10-12(11-18)8-9-13-6-4-5-7-14(13)17/h4-7,12H,8-11H2,1-3H3. The average Bonchev–Trinajstić information content (AvgIpc) is 2.26. The van der Waals surface area contributed by atoms with Crippen LogP contribution in [0.15, 0.2) is 28.7 Å². The van der Waals surface area contributed by atoms with Gasteiger partial charge in [0.2, 0.25) is 0 Å². The Morgan fingerprint density at radius 2 is 2.00 bits per heavy atom. The number of likely N-dealkylation sites (tertiary alicyclic amines) is 1. The SMILES string of the molecule is CC(C)(C)OC(=O)N1CC(CCc2ccccc2Br)C1. The van der Waals surface area contributed by atoms with Gasteiger partial charge in [-0.3, -0.25) is 0 Å². The number of benzene rings is 1. The molecule has 0 saturated carbocycles. The molecular formula is C16H22BrNO2. The Morgan fingerprint density at radius 3 is 2.60 bits per heavy atom. The first kappa shape index (κ1) is 15.4. The zero-order valence-corrected chi connectivity index (χ0v) is 13.9. The molecule has 0 bridgehead atoms. The van der Waals surface area contributed by atoms with Crippen molar-refractivity contribution in [1.82, 2.24) is 4.90 Å². The number of hydrogen-bond donors (Lipinski definition) is 0. The fourth-order valence-electron chi connectivity index (χ4n) is 2.29. The van der Waals surface area contributed by atoms with E-state index in [2.05, 4.69) is 34.1 Å². The van der Waals surface area contributed by atoms with Crippen LogP contribution in [0.3, 0.4) is 0 Å². The summed E-state index contributed by atoms with van der Waals surface area (Å²) in [5, 5.41) is 0. The highest BCUT2D eigenvalue weighted by Gasteiger charge is 2.33. The summed E-state index contributed by atoms with van der Waals surface area (Å²) < 4.78 is 6.52. The summed E-state index contributed by atoms with van der Waals surface area (Å²) in [5.74, 6) is 0.592. The van der Waals surface area contributed by atoms with Crippen LogP contribution >= 0.6 is 15.9 Å². The van der Waals surface area contributed by atoms with Crippen molar-refractivity contribution in [3.8, 4) is 0 Å². The average molecular weight is 340 g/mol. The Kier molecular flexibility index (Phi) is 4.74. The van der Waals surface area contributed by atoms with E-state index in [0.29, 0.717) is 5.92 Å². The van der Waals surface area contributed by atoms with E-state index >= 15 is 0 Å². The molecule has 1 aromatic carbocycles. The molecule has 1 aliphatic heterocycles. The van der Waals surface area contributed by atoms with Gasteiger partial charge in [-0.2, -0.15) is 0 Å². The van der Waals surface area contributed by atoms with Gasteiger partial charge in [0.05, 0.1) is 0 Å². The van der Waals surface area contributed by atoms with Gasteiger partial charge in [-0.05, 0) is 51.2 Å². The third kappa shape index (κ3) is 4.23. The Labute approximate surface area is 129 Å². The lowest BCUT2D eigenvalue weighted by Crippen LogP contribution is -2.51. The second-order valence-electron chi connectivity index (χ2n) is 6.38. The number of hydrogen-bond acceptors (Lipinski definition) is 2. The molecule has 1 saturated heterocycles. The van der Waals surface area contributed by atoms with E-state index in [0.717, 1.165) is 25.9 Å². The van der Waals surface area contributed by atoms with Crippen LogP contribution in [0.5, 0.6) is 0 Å². The van der Waals surface area contributed by atoms with Crippen LogP contribution in [0, 0.1) is 5.92 Å². The van der Waals surface area contributed by atoms with Crippen molar-refractivity contribution in [2.45, 2.75) is 39.2 Å². The van der Waals surface area contributed by atoms with Gasteiger partial charge in [-0.15, -0.1) is 0 Å². The Bertz CT molecular complexity index is 476. The molecule has 0 N–H and O–H groups in total. The largest absolute Gasteiger partial charge is 0.444 e. The van der Waals surface area contributed by atoms with Crippen LogP contribution in [0.2, 0.25) is 0 Å². The van der Waals surface area contributed by atoms with Crippen molar-refractivity contribution in [2.75, 3.05) is 13.1 Å². The minimum Gasteiger partial charge on any atom is -0.444 e. The van der Waals surface area contributed by atoms with Gasteiger partial charge >= 0.3 is 6.09 Å². The molecule has 4 heteroatoms. The predicted molar refractivity (Wildman–Crippen MR) is 83.8 cm³/mol. The summed E-state index contributed by atoms with van der Waals surface area (Å²) in [5.41, 5.74) is 0.931. The van der Waals surface area contributed by atoms with Gasteiger partial charge in [0, 0.05) is 17.6 Å². The summed E-state index contributed by atoms with van der Waals surface area (Å²) in [6.07, 6.45) is 1.98. The molecule has 1 aromatic rings. The maximum atomic E-state index is 11.8. The molecule has 0 aliphatic carbocycles. The fourth-order valence-corrected chi connectivity index (χ4v) is 2.77. The van der Waals surface area contributed by atoms with Crippen LogP contribution in [-0.4, -0.2) is 29.7 Å². The normalized spacial score (nSPS) is 15.9. The van der Waals surface area contributed by atoms with Gasteiger partial charge in [-0.25, -0.2) is 4.79 Å². The number of nitrogens with zero attached hydrogens (tertiary/aromatic N) is 1. The zero-order valence-electron chi connectivity index (χ0n) is 12.4. The molecule has 0 unspecified atom stereocenters. The van der Waals surface area contributed by atoms with E-state index in [9.17, 15) is 4.79 Å². The molecule has 3 nitrogen and oxygen atoms in total. The molecule has 1 aliphatic rings. The van der Waals surface area contributed by atoms with Crippen LogP contribution in [0.25, 0.3) is 0 Å². The number of ether oxygens (including phenoxy) is 1. The van der Waals surface area contributed by atoms with Crippen LogP contribution in [0.1, 0.15) is 32.8 Å². The number of carbonyl (C=O) groups is 1. The molecule has 1 fully saturated rings. The first-order valence-electron chi connectivity index (χ1n) is 7.06. The molecule has 2 rings (SSSR count). The number of amides is 1. The molecule has 20 heavy (non-hydrogen) atoms. The highest BCUT2D eigenvalue weighted by Crippen LogP contribution is 2.25. The third-order valence-electron chi connectivity index (χ3n) is 3.39. The summed E-state index contributed by atoms with van der Waals surface area (Å²) in [6.45, 7) is 7.33. The fraction of sp³-hybridized carbons (Fsp3) is 0.562. The highest BCUT2D eigenvalue weighted by atomic mass is 79.9. The third-order valence-corrected chi connectivity index (χ3v) is 4.16. The Balaban J connectivity index is 1.72. The Morgan fingerprint density at radius 1 is 1.35 bits per heavy atom. The van der Waals surface area contributed by atoms with Crippen molar-refractivity contribution < 1.29 is 9.53 Å². The first-order valence-corrected chi connectivity index (χ1v) is 7.86. The second-order valence-corrected chi connectivity index (χ2v) is 7.24. The summed E-state index contributed by atoms with van der Waals surface area (Å²) in [4.78, 5) is 13.6. The summed E-state index contributed by atoms with van der Waals surface area (Å²) in [6, 6.07) is 8.31. The molecule has 0 aromatic heterocycles. The molecule has 0 spiro atoms. The van der Waals surface area contributed by atoms with Crippen LogP contribution in [-0.2, 0) is 11.2 Å². The number of aryl methyl sites for hydroxylation is 1. The van der Waals surface area contributed by atoms with Gasteiger partial charge in [0.15, 0.2) is 0 Å². The molecule has 1 amide bonds. The van der Waals surface area contributed by atoms with E-state index in [1.807, 2.05) is 26.8 Å². The lowest BCUT2D eigenvalue weighted by atomic mass is 9.93.